The van der Waals surface area contributed by atoms with Crippen LogP contribution in [0.3, 0.4) is 0 Å². The Hall–Kier alpha value is -1.46. The van der Waals surface area contributed by atoms with E-state index >= 15 is 0 Å². The van der Waals surface area contributed by atoms with Crippen molar-refractivity contribution in [3.8, 4) is 11.5 Å². The van der Waals surface area contributed by atoms with Crippen LogP contribution in [0, 0.1) is 11.6 Å². The molecule has 0 unspecified atom stereocenters. The lowest BCUT2D eigenvalue weighted by molar-refractivity contribution is 0.428. The lowest BCUT2D eigenvalue weighted by Gasteiger charge is -2.13. The molecule has 0 saturated heterocycles. The highest BCUT2D eigenvalue weighted by atomic mass is 79.9. The van der Waals surface area contributed by atoms with Gasteiger partial charge in [0.25, 0.3) is 0 Å². The van der Waals surface area contributed by atoms with E-state index in [4.69, 9.17) is 4.74 Å². The summed E-state index contributed by atoms with van der Waals surface area (Å²) in [6, 6.07) is 8.80. The van der Waals surface area contributed by atoms with E-state index in [1.807, 2.05) is 0 Å². The molecule has 2 rings (SSSR count). The highest BCUT2D eigenvalue weighted by Gasteiger charge is 2.13. The Labute approximate surface area is 131 Å². The fourth-order valence-corrected chi connectivity index (χ4v) is 2.20. The van der Waals surface area contributed by atoms with Crippen LogP contribution in [0.25, 0.3) is 0 Å². The minimum Gasteiger partial charge on any atom is -0.453 e. The summed E-state index contributed by atoms with van der Waals surface area (Å²) in [7, 11) is 0. The van der Waals surface area contributed by atoms with Crippen LogP contribution in [0.1, 0.15) is 18.9 Å². The van der Waals surface area contributed by atoms with Gasteiger partial charge in [0, 0.05) is 18.2 Å². The van der Waals surface area contributed by atoms with E-state index in [1.54, 1.807) is 12.1 Å². The first-order chi connectivity index (χ1) is 10.1. The van der Waals surface area contributed by atoms with Crippen molar-refractivity contribution in [2.45, 2.75) is 19.9 Å². The second-order valence-electron chi connectivity index (χ2n) is 4.58. The second kappa shape index (κ2) is 7.52. The summed E-state index contributed by atoms with van der Waals surface area (Å²) in [5.74, 6) is -0.540. The van der Waals surface area contributed by atoms with Crippen LogP contribution in [0.4, 0.5) is 8.78 Å². The van der Waals surface area contributed by atoms with Crippen molar-refractivity contribution < 1.29 is 13.5 Å². The molecule has 0 spiro atoms. The van der Waals surface area contributed by atoms with Crippen LogP contribution < -0.4 is 10.1 Å². The average molecular weight is 356 g/mol. The van der Waals surface area contributed by atoms with E-state index in [-0.39, 0.29) is 11.5 Å². The normalized spacial score (nSPS) is 10.7. The summed E-state index contributed by atoms with van der Waals surface area (Å²) in [6.45, 7) is 3.38. The molecule has 0 aromatic heterocycles. The van der Waals surface area contributed by atoms with Crippen molar-refractivity contribution in [2.24, 2.45) is 0 Å². The molecule has 0 amide bonds. The minimum atomic E-state index is -0.470. The number of hydrogen-bond acceptors (Lipinski definition) is 2. The number of benzene rings is 2. The van der Waals surface area contributed by atoms with Crippen molar-refractivity contribution in [1.82, 2.24) is 5.32 Å². The molecule has 0 heterocycles. The molecule has 0 saturated carbocycles. The molecule has 0 bridgehead atoms. The van der Waals surface area contributed by atoms with E-state index in [1.165, 1.54) is 24.3 Å². The summed E-state index contributed by atoms with van der Waals surface area (Å²) in [6.07, 6.45) is 0.987. The monoisotopic (exact) mass is 355 g/mol. The Morgan fingerprint density at radius 2 is 2.00 bits per heavy atom. The molecular formula is C16H16BrF2NO. The van der Waals surface area contributed by atoms with Crippen LogP contribution in [0.2, 0.25) is 0 Å². The summed E-state index contributed by atoms with van der Waals surface area (Å²) in [5, 5.41) is 3.20. The Morgan fingerprint density at radius 3 is 2.76 bits per heavy atom. The fourth-order valence-electron chi connectivity index (χ4n) is 1.87. The molecule has 0 aliphatic rings. The highest BCUT2D eigenvalue weighted by Crippen LogP contribution is 2.33. The van der Waals surface area contributed by atoms with Crippen molar-refractivity contribution in [3.05, 3.63) is 58.1 Å². The van der Waals surface area contributed by atoms with Gasteiger partial charge in [-0.05, 0) is 47.1 Å². The number of ether oxygens (including phenoxy) is 1. The lowest BCUT2D eigenvalue weighted by Crippen LogP contribution is -2.14. The molecular weight excluding hydrogens is 340 g/mol. The zero-order valence-electron chi connectivity index (χ0n) is 11.6. The van der Waals surface area contributed by atoms with Gasteiger partial charge in [-0.3, -0.25) is 0 Å². The van der Waals surface area contributed by atoms with Gasteiger partial charge >= 0.3 is 0 Å². The standard InChI is InChI=1S/C16H16BrF2NO/c1-2-8-20-10-11-4-3-5-14(19)16(11)21-15-9-12(18)6-7-13(15)17/h3-7,9,20H,2,8,10H2,1H3. The van der Waals surface area contributed by atoms with Crippen molar-refractivity contribution in [1.29, 1.82) is 0 Å². The molecule has 2 aromatic carbocycles. The van der Waals surface area contributed by atoms with Gasteiger partial charge in [0.1, 0.15) is 11.6 Å². The minimum absolute atomic E-state index is 0.118. The summed E-state index contributed by atoms with van der Waals surface area (Å²) >= 11 is 3.27. The van der Waals surface area contributed by atoms with Crippen LogP contribution in [-0.4, -0.2) is 6.54 Å². The molecule has 0 atom stereocenters. The second-order valence-corrected chi connectivity index (χ2v) is 5.44. The van der Waals surface area contributed by atoms with Gasteiger partial charge in [-0.15, -0.1) is 0 Å². The van der Waals surface area contributed by atoms with E-state index in [2.05, 4.69) is 28.2 Å². The first-order valence-electron chi connectivity index (χ1n) is 6.73. The maximum absolute atomic E-state index is 14.0. The van der Waals surface area contributed by atoms with Gasteiger partial charge in [0.2, 0.25) is 0 Å². The van der Waals surface area contributed by atoms with Gasteiger partial charge in [-0.2, -0.15) is 0 Å². The molecule has 5 heteroatoms. The number of halogens is 3. The van der Waals surface area contributed by atoms with E-state index in [9.17, 15) is 8.78 Å². The fraction of sp³-hybridized carbons (Fsp3) is 0.250. The molecule has 0 aliphatic carbocycles. The lowest BCUT2D eigenvalue weighted by atomic mass is 10.2. The largest absolute Gasteiger partial charge is 0.453 e. The topological polar surface area (TPSA) is 21.3 Å². The Morgan fingerprint density at radius 1 is 1.19 bits per heavy atom. The predicted octanol–water partition coefficient (Wildman–Crippen LogP) is 5.02. The maximum atomic E-state index is 14.0. The first-order valence-corrected chi connectivity index (χ1v) is 7.52. The predicted molar refractivity (Wildman–Crippen MR) is 82.6 cm³/mol. The summed E-state index contributed by atoms with van der Waals surface area (Å²) in [5.41, 5.74) is 0.694. The molecule has 0 radical (unpaired) electrons. The van der Waals surface area contributed by atoms with Crippen LogP contribution in [-0.2, 0) is 6.54 Å². The van der Waals surface area contributed by atoms with E-state index in [0.29, 0.717) is 16.6 Å². The van der Waals surface area contributed by atoms with Crippen molar-refractivity contribution in [3.63, 3.8) is 0 Å². The van der Waals surface area contributed by atoms with Gasteiger partial charge in [-0.1, -0.05) is 19.1 Å². The number of hydrogen-bond donors (Lipinski definition) is 1. The molecule has 2 nitrogen and oxygen atoms in total. The van der Waals surface area contributed by atoms with Crippen LogP contribution in [0.15, 0.2) is 40.9 Å². The third-order valence-electron chi connectivity index (χ3n) is 2.90. The van der Waals surface area contributed by atoms with Crippen molar-refractivity contribution >= 4 is 15.9 Å². The Balaban J connectivity index is 2.27. The van der Waals surface area contributed by atoms with Gasteiger partial charge < -0.3 is 10.1 Å². The van der Waals surface area contributed by atoms with E-state index < -0.39 is 11.6 Å². The van der Waals surface area contributed by atoms with Crippen LogP contribution >= 0.6 is 15.9 Å². The highest BCUT2D eigenvalue weighted by molar-refractivity contribution is 9.10. The van der Waals surface area contributed by atoms with Crippen molar-refractivity contribution in [2.75, 3.05) is 6.54 Å². The number of nitrogens with one attached hydrogen (secondary N) is 1. The van der Waals surface area contributed by atoms with Gasteiger partial charge in [-0.25, -0.2) is 8.78 Å². The smallest absolute Gasteiger partial charge is 0.167 e. The molecule has 2 aromatic rings. The zero-order chi connectivity index (χ0) is 15.2. The Bertz CT molecular complexity index is 619. The molecule has 21 heavy (non-hydrogen) atoms. The first kappa shape index (κ1) is 15.9. The van der Waals surface area contributed by atoms with Gasteiger partial charge in [0.05, 0.1) is 4.47 Å². The maximum Gasteiger partial charge on any atom is 0.167 e. The summed E-state index contributed by atoms with van der Waals surface area (Å²) < 4.78 is 33.5. The summed E-state index contributed by atoms with van der Waals surface area (Å²) in [4.78, 5) is 0. The molecule has 0 fully saturated rings. The number of rotatable bonds is 6. The molecule has 1 N–H and O–H groups in total. The Kier molecular flexibility index (Phi) is 5.70. The quantitative estimate of drug-likeness (QED) is 0.734. The third kappa shape index (κ3) is 4.25. The van der Waals surface area contributed by atoms with Crippen LogP contribution in [0.5, 0.6) is 11.5 Å². The zero-order valence-corrected chi connectivity index (χ0v) is 13.2. The number of para-hydroxylation sites is 1. The molecule has 0 aliphatic heterocycles. The van der Waals surface area contributed by atoms with E-state index in [0.717, 1.165) is 13.0 Å². The van der Waals surface area contributed by atoms with Gasteiger partial charge in [0.15, 0.2) is 11.6 Å². The third-order valence-corrected chi connectivity index (χ3v) is 3.55. The SMILES string of the molecule is CCCNCc1cccc(F)c1Oc1cc(F)ccc1Br. The average Bonchev–Trinajstić information content (AvgIpc) is 2.46. The molecule has 112 valence electrons.